The number of ether oxygens (including phenoxy) is 4. The molecule has 1 aromatic carbocycles. The van der Waals surface area contributed by atoms with Crippen LogP contribution >= 0.6 is 22.7 Å². The van der Waals surface area contributed by atoms with Gasteiger partial charge < -0.3 is 18.9 Å². The van der Waals surface area contributed by atoms with Gasteiger partial charge in [-0.2, -0.15) is 4.99 Å². The Morgan fingerprint density at radius 1 is 1.26 bits per heavy atom. The normalized spacial score (nSPS) is 17.1. The van der Waals surface area contributed by atoms with E-state index in [0.717, 1.165) is 33.2 Å². The van der Waals surface area contributed by atoms with Crippen LogP contribution in [0, 0.1) is 6.92 Å². The first-order chi connectivity index (χ1) is 20.4. The minimum Gasteiger partial charge on any atom is -0.464 e. The molecule has 230 valence electrons. The van der Waals surface area contributed by atoms with Gasteiger partial charge in [-0.3, -0.25) is 9.47 Å². The number of thiazole rings is 2. The number of anilines is 2. The Balaban J connectivity index is 1.46. The van der Waals surface area contributed by atoms with Crippen molar-refractivity contribution in [2.45, 2.75) is 65.1 Å². The number of carbonyl (C=O) groups is 1. The number of nitrogens with zero attached hydrogens (tertiary/aromatic N) is 6. The molecule has 0 N–H and O–H groups in total. The molecular weight excluding hydrogens is 605 g/mol. The molecule has 1 fully saturated rings. The van der Waals surface area contributed by atoms with Crippen LogP contribution in [-0.4, -0.2) is 72.6 Å². The highest BCUT2D eigenvalue weighted by atomic mass is 32.1. The van der Waals surface area contributed by atoms with E-state index in [0.29, 0.717) is 36.6 Å². The zero-order valence-corrected chi connectivity index (χ0v) is 28.3. The van der Waals surface area contributed by atoms with E-state index in [2.05, 4.69) is 51.5 Å². The van der Waals surface area contributed by atoms with Gasteiger partial charge in [0.1, 0.15) is 12.8 Å². The van der Waals surface area contributed by atoms with Crippen molar-refractivity contribution in [2.24, 2.45) is 4.99 Å². The van der Waals surface area contributed by atoms with E-state index in [1.54, 1.807) is 16.7 Å². The highest BCUT2D eigenvalue weighted by Crippen LogP contribution is 2.32. The number of aryl methyl sites for hydroxylation is 1. The smallest absolute Gasteiger partial charge is 0.357 e. The number of fused-ring (bicyclic) bond motifs is 1. The Morgan fingerprint density at radius 2 is 2.05 bits per heavy atom. The fourth-order valence-electron chi connectivity index (χ4n) is 4.48. The molecule has 43 heavy (non-hydrogen) atoms. The van der Waals surface area contributed by atoms with Gasteiger partial charge in [-0.25, -0.2) is 9.78 Å². The summed E-state index contributed by atoms with van der Waals surface area (Å²) in [5, 5.41) is 11.3. The number of hydrogen-bond donors (Lipinski definition) is 0. The van der Waals surface area contributed by atoms with Crippen LogP contribution in [0.3, 0.4) is 0 Å². The second kappa shape index (κ2) is 12.9. The van der Waals surface area contributed by atoms with Crippen molar-refractivity contribution in [3.8, 4) is 0 Å². The van der Waals surface area contributed by atoms with Gasteiger partial charge in [0.25, 0.3) is 0 Å². The molecule has 1 unspecified atom stereocenters. The van der Waals surface area contributed by atoms with Crippen LogP contribution < -0.4 is 9.70 Å². The summed E-state index contributed by atoms with van der Waals surface area (Å²) in [5.74, 6) is -0.100. The monoisotopic (exact) mass is 642 g/mol. The Kier molecular flexibility index (Phi) is 9.44. The topological polar surface area (TPSA) is 113 Å². The van der Waals surface area contributed by atoms with Crippen LogP contribution in [0.2, 0.25) is 25.7 Å². The van der Waals surface area contributed by atoms with Crippen LogP contribution in [-0.2, 0) is 25.7 Å². The predicted octanol–water partition coefficient (Wildman–Crippen LogP) is 5.88. The van der Waals surface area contributed by atoms with Crippen molar-refractivity contribution in [1.29, 1.82) is 0 Å². The van der Waals surface area contributed by atoms with Crippen LogP contribution in [0.1, 0.15) is 29.9 Å². The number of rotatable bonds is 11. The van der Waals surface area contributed by atoms with E-state index in [4.69, 9.17) is 23.9 Å². The number of esters is 1. The van der Waals surface area contributed by atoms with Crippen molar-refractivity contribution in [3.63, 3.8) is 0 Å². The lowest BCUT2D eigenvalue weighted by Gasteiger charge is -2.24. The van der Waals surface area contributed by atoms with Gasteiger partial charge in [0.15, 0.2) is 33.0 Å². The summed E-state index contributed by atoms with van der Waals surface area (Å²) in [7, 11) is 0.136. The third-order valence-corrected chi connectivity index (χ3v) is 10.4. The molecule has 0 radical (unpaired) electrons. The lowest BCUT2D eigenvalue weighted by atomic mass is 10.3. The molecule has 1 saturated heterocycles. The molecule has 11 nitrogen and oxygen atoms in total. The number of benzene rings is 1. The van der Waals surface area contributed by atoms with Gasteiger partial charge in [0.2, 0.25) is 0 Å². The summed E-state index contributed by atoms with van der Waals surface area (Å²) >= 11 is 2.91. The van der Waals surface area contributed by atoms with Gasteiger partial charge >= 0.3 is 5.97 Å². The lowest BCUT2D eigenvalue weighted by molar-refractivity contribution is -0.137. The maximum absolute atomic E-state index is 12.1. The van der Waals surface area contributed by atoms with E-state index in [1.165, 1.54) is 18.4 Å². The standard InChI is InChI=1S/C29H38N6O5S2Si/c1-19-14-24(34(15-20-16-39-29(2,3)40-20)27-30-21(17-41-27)26(36)37-4)32-33-25(19)31-28-35(18-38-12-13-43(5,6)7)22-10-8-9-11-23(22)42-28/h8-11,14,17,20H,12-13,15-16,18H2,1-7H3. The van der Waals surface area contributed by atoms with Crippen molar-refractivity contribution in [2.75, 3.05) is 31.8 Å². The summed E-state index contributed by atoms with van der Waals surface area (Å²) in [6.45, 7) is 14.7. The summed E-state index contributed by atoms with van der Waals surface area (Å²) < 4.78 is 26.0. The second-order valence-electron chi connectivity index (χ2n) is 12.0. The molecule has 4 heterocycles. The third-order valence-electron chi connectivity index (χ3n) is 6.80. The van der Waals surface area contributed by atoms with Gasteiger partial charge in [0, 0.05) is 20.1 Å². The molecule has 0 bridgehead atoms. The maximum atomic E-state index is 12.1. The quantitative estimate of drug-likeness (QED) is 0.112. The molecule has 0 aliphatic carbocycles. The Labute approximate surface area is 260 Å². The summed E-state index contributed by atoms with van der Waals surface area (Å²) in [4.78, 5) is 24.2. The summed E-state index contributed by atoms with van der Waals surface area (Å²) in [5.41, 5.74) is 2.14. The summed E-state index contributed by atoms with van der Waals surface area (Å²) in [6, 6.07) is 11.2. The number of methoxy groups -OCH3 is 1. The first-order valence-corrected chi connectivity index (χ1v) is 19.5. The van der Waals surface area contributed by atoms with E-state index in [9.17, 15) is 4.79 Å². The molecule has 1 aliphatic rings. The van der Waals surface area contributed by atoms with E-state index in [-0.39, 0.29) is 11.8 Å². The van der Waals surface area contributed by atoms with Gasteiger partial charge in [0.05, 0.1) is 30.5 Å². The first kappa shape index (κ1) is 31.4. The highest BCUT2D eigenvalue weighted by Gasteiger charge is 2.35. The predicted molar refractivity (Wildman–Crippen MR) is 171 cm³/mol. The van der Waals surface area contributed by atoms with Crippen molar-refractivity contribution in [1.82, 2.24) is 19.7 Å². The molecule has 4 aromatic rings. The van der Waals surface area contributed by atoms with Crippen LogP contribution in [0.15, 0.2) is 40.7 Å². The first-order valence-electron chi connectivity index (χ1n) is 14.1. The number of hydrogen-bond acceptors (Lipinski definition) is 12. The zero-order valence-electron chi connectivity index (χ0n) is 25.6. The van der Waals surface area contributed by atoms with Crippen LogP contribution in [0.5, 0.6) is 0 Å². The average Bonchev–Trinajstić information content (AvgIpc) is 3.67. The Morgan fingerprint density at radius 3 is 2.74 bits per heavy atom. The largest absolute Gasteiger partial charge is 0.464 e. The fourth-order valence-corrected chi connectivity index (χ4v) is 7.06. The molecule has 3 aromatic heterocycles. The average molecular weight is 643 g/mol. The molecule has 14 heteroatoms. The molecular formula is C29H38N6O5S2Si. The maximum Gasteiger partial charge on any atom is 0.357 e. The fraction of sp³-hybridized carbons (Fsp3) is 0.483. The molecule has 0 amide bonds. The number of para-hydroxylation sites is 1. The highest BCUT2D eigenvalue weighted by molar-refractivity contribution is 7.16. The molecule has 1 aliphatic heterocycles. The third kappa shape index (κ3) is 7.74. The van der Waals surface area contributed by atoms with Crippen LogP contribution in [0.4, 0.5) is 16.8 Å². The SMILES string of the molecule is COC(=O)c1csc(N(CC2COC(C)(C)O2)c2cc(C)c(N=c3sc4ccccc4n3COCC[Si](C)(C)C)nn2)n1. The second-order valence-corrected chi connectivity index (χ2v) is 19.5. The molecule has 5 rings (SSSR count). The van der Waals surface area contributed by atoms with Gasteiger partial charge in [-0.05, 0) is 50.6 Å². The Bertz CT molecular complexity index is 1660. The van der Waals surface area contributed by atoms with E-state index >= 15 is 0 Å². The summed E-state index contributed by atoms with van der Waals surface area (Å²) in [6.07, 6.45) is -0.231. The van der Waals surface area contributed by atoms with Crippen molar-refractivity contribution < 1.29 is 23.7 Å². The molecule has 0 saturated carbocycles. The van der Waals surface area contributed by atoms with E-state index in [1.807, 2.05) is 43.9 Å². The van der Waals surface area contributed by atoms with Crippen molar-refractivity contribution in [3.05, 3.63) is 51.8 Å². The minimum atomic E-state index is -1.20. The Hall–Kier alpha value is -3.01. The van der Waals surface area contributed by atoms with Gasteiger partial charge in [-0.1, -0.05) is 43.1 Å². The molecule has 1 atom stereocenters. The van der Waals surface area contributed by atoms with E-state index < -0.39 is 19.8 Å². The van der Waals surface area contributed by atoms with Crippen LogP contribution in [0.25, 0.3) is 10.2 Å². The van der Waals surface area contributed by atoms with Crippen molar-refractivity contribution >= 4 is 63.7 Å². The minimum absolute atomic E-state index is 0.231. The molecule has 0 spiro atoms. The lowest BCUT2D eigenvalue weighted by Crippen LogP contribution is -2.32. The number of aromatic nitrogens is 4. The van der Waals surface area contributed by atoms with Gasteiger partial charge in [-0.15, -0.1) is 21.5 Å². The zero-order chi connectivity index (χ0) is 30.8. The number of carbonyl (C=O) groups excluding carboxylic acids is 1.